The largest absolute Gasteiger partial charge is 0.323 e. The molecule has 0 bridgehead atoms. The lowest BCUT2D eigenvalue weighted by atomic mass is 10.1. The van der Waals surface area contributed by atoms with Crippen molar-refractivity contribution in [2.75, 3.05) is 10.6 Å². The van der Waals surface area contributed by atoms with Gasteiger partial charge < -0.3 is 10.6 Å². The molecular formula is C25H24N4O2S. The number of para-hydroxylation sites is 1. The second-order valence-electron chi connectivity index (χ2n) is 7.63. The standard InChI is InChI=1S/C25H24N4O2S/c1-16-11-12-23-26-19(13-24(30)29(23)14-16)15-32-22-10-5-4-8-21(22)28-25(31)27-20-9-6-7-17(2)18(20)3/h4-14H,15H2,1-3H3,(H2,27,28,31). The highest BCUT2D eigenvalue weighted by atomic mass is 32.2. The Labute approximate surface area is 190 Å². The highest BCUT2D eigenvalue weighted by Gasteiger charge is 2.10. The maximum atomic E-state index is 12.6. The van der Waals surface area contributed by atoms with Crippen LogP contribution in [0, 0.1) is 20.8 Å². The molecule has 4 aromatic rings. The number of thioether (sulfide) groups is 1. The van der Waals surface area contributed by atoms with Gasteiger partial charge in [-0.2, -0.15) is 0 Å². The summed E-state index contributed by atoms with van der Waals surface area (Å²) < 4.78 is 1.55. The molecule has 0 saturated heterocycles. The maximum absolute atomic E-state index is 12.6. The molecule has 0 aliphatic heterocycles. The fourth-order valence-electron chi connectivity index (χ4n) is 3.34. The maximum Gasteiger partial charge on any atom is 0.323 e. The van der Waals surface area contributed by atoms with E-state index in [1.54, 1.807) is 16.7 Å². The Bertz CT molecular complexity index is 1360. The zero-order valence-electron chi connectivity index (χ0n) is 18.2. The van der Waals surface area contributed by atoms with E-state index in [0.717, 1.165) is 27.3 Å². The summed E-state index contributed by atoms with van der Waals surface area (Å²) in [6.45, 7) is 5.93. The quantitative estimate of drug-likeness (QED) is 0.395. The van der Waals surface area contributed by atoms with E-state index in [2.05, 4.69) is 15.6 Å². The molecule has 0 fully saturated rings. The predicted molar refractivity (Wildman–Crippen MR) is 131 cm³/mol. The number of hydrogen-bond acceptors (Lipinski definition) is 4. The Morgan fingerprint density at radius 1 is 0.969 bits per heavy atom. The first kappa shape index (κ1) is 21.6. The minimum absolute atomic E-state index is 0.103. The van der Waals surface area contributed by atoms with Crippen LogP contribution in [0.1, 0.15) is 22.4 Å². The van der Waals surface area contributed by atoms with Crippen molar-refractivity contribution in [2.24, 2.45) is 0 Å². The van der Waals surface area contributed by atoms with Crippen molar-refractivity contribution in [2.45, 2.75) is 31.4 Å². The van der Waals surface area contributed by atoms with Crippen molar-refractivity contribution in [3.05, 3.63) is 99.6 Å². The number of hydrogen-bond donors (Lipinski definition) is 2. The lowest BCUT2D eigenvalue weighted by Crippen LogP contribution is -2.20. The fraction of sp³-hybridized carbons (Fsp3) is 0.160. The molecule has 2 N–H and O–H groups in total. The lowest BCUT2D eigenvalue weighted by molar-refractivity contribution is 0.262. The normalized spacial score (nSPS) is 10.8. The number of aryl methyl sites for hydroxylation is 2. The molecule has 2 heterocycles. The van der Waals surface area contributed by atoms with Gasteiger partial charge in [-0.3, -0.25) is 9.20 Å². The molecule has 2 aromatic carbocycles. The number of anilines is 2. The van der Waals surface area contributed by atoms with E-state index in [0.29, 0.717) is 22.8 Å². The Balaban J connectivity index is 1.48. The molecule has 2 amide bonds. The Morgan fingerprint density at radius 3 is 2.56 bits per heavy atom. The Kier molecular flexibility index (Phi) is 6.28. The summed E-state index contributed by atoms with van der Waals surface area (Å²) in [6, 6.07) is 18.4. The highest BCUT2D eigenvalue weighted by Crippen LogP contribution is 2.29. The molecule has 0 aliphatic carbocycles. The van der Waals surface area contributed by atoms with Crippen LogP contribution in [0.5, 0.6) is 0 Å². The molecule has 7 heteroatoms. The van der Waals surface area contributed by atoms with E-state index < -0.39 is 0 Å². The van der Waals surface area contributed by atoms with E-state index in [1.165, 1.54) is 11.8 Å². The number of urea groups is 1. The summed E-state index contributed by atoms with van der Waals surface area (Å²) in [7, 11) is 0. The van der Waals surface area contributed by atoms with Crippen LogP contribution in [0.2, 0.25) is 0 Å². The summed E-state index contributed by atoms with van der Waals surface area (Å²) in [4.78, 5) is 30.5. The number of fused-ring (bicyclic) bond motifs is 1. The fourth-order valence-corrected chi connectivity index (χ4v) is 4.24. The third-order valence-corrected chi connectivity index (χ3v) is 6.33. The molecule has 0 spiro atoms. The number of benzene rings is 2. The van der Waals surface area contributed by atoms with Gasteiger partial charge in [-0.15, -0.1) is 11.8 Å². The molecule has 2 aromatic heterocycles. The number of carbonyl (C=O) groups is 1. The van der Waals surface area contributed by atoms with Gasteiger partial charge in [0.2, 0.25) is 0 Å². The van der Waals surface area contributed by atoms with Gasteiger partial charge in [0.15, 0.2) is 0 Å². The number of carbonyl (C=O) groups excluding carboxylic acids is 1. The molecule has 162 valence electrons. The topological polar surface area (TPSA) is 75.5 Å². The van der Waals surface area contributed by atoms with Crippen LogP contribution in [0.4, 0.5) is 16.2 Å². The third kappa shape index (κ3) is 4.84. The minimum atomic E-state index is -0.302. The Hall–Kier alpha value is -3.58. The number of pyridine rings is 1. The van der Waals surface area contributed by atoms with Crippen LogP contribution in [0.15, 0.2) is 76.6 Å². The van der Waals surface area contributed by atoms with Crippen LogP contribution < -0.4 is 16.2 Å². The van der Waals surface area contributed by atoms with Crippen LogP contribution in [0.25, 0.3) is 5.65 Å². The molecule has 6 nitrogen and oxygen atoms in total. The molecule has 0 saturated carbocycles. The van der Waals surface area contributed by atoms with E-state index in [9.17, 15) is 9.59 Å². The number of amides is 2. The third-order valence-electron chi connectivity index (χ3n) is 5.22. The summed E-state index contributed by atoms with van der Waals surface area (Å²) >= 11 is 1.52. The second kappa shape index (κ2) is 9.28. The first-order valence-electron chi connectivity index (χ1n) is 10.3. The van der Waals surface area contributed by atoms with Gasteiger partial charge in [0, 0.05) is 28.6 Å². The lowest BCUT2D eigenvalue weighted by Gasteiger charge is -2.14. The van der Waals surface area contributed by atoms with Crippen molar-refractivity contribution >= 4 is 34.8 Å². The first-order chi connectivity index (χ1) is 15.4. The number of nitrogens with zero attached hydrogens (tertiary/aromatic N) is 2. The van der Waals surface area contributed by atoms with Gasteiger partial charge >= 0.3 is 6.03 Å². The smallest absolute Gasteiger partial charge is 0.307 e. The van der Waals surface area contributed by atoms with E-state index in [1.807, 2.05) is 75.4 Å². The van der Waals surface area contributed by atoms with Gasteiger partial charge in [-0.05, 0) is 61.7 Å². The molecular weight excluding hydrogens is 420 g/mol. The first-order valence-corrected chi connectivity index (χ1v) is 11.2. The summed E-state index contributed by atoms with van der Waals surface area (Å²) in [6.07, 6.45) is 1.79. The zero-order chi connectivity index (χ0) is 22.7. The summed E-state index contributed by atoms with van der Waals surface area (Å²) in [5.74, 6) is 0.511. The monoisotopic (exact) mass is 444 g/mol. The highest BCUT2D eigenvalue weighted by molar-refractivity contribution is 7.98. The SMILES string of the molecule is Cc1ccc2nc(CSc3ccccc3NC(=O)Nc3cccc(C)c3C)cc(=O)n2c1. The molecule has 0 radical (unpaired) electrons. The van der Waals surface area contributed by atoms with Gasteiger partial charge in [0.1, 0.15) is 5.65 Å². The van der Waals surface area contributed by atoms with Crippen molar-refractivity contribution in [3.8, 4) is 0 Å². The Morgan fingerprint density at radius 2 is 1.72 bits per heavy atom. The average Bonchev–Trinajstić information content (AvgIpc) is 2.77. The zero-order valence-corrected chi connectivity index (χ0v) is 19.0. The van der Waals surface area contributed by atoms with Crippen molar-refractivity contribution in [1.29, 1.82) is 0 Å². The van der Waals surface area contributed by atoms with E-state index in [4.69, 9.17) is 0 Å². The van der Waals surface area contributed by atoms with Crippen LogP contribution >= 0.6 is 11.8 Å². The van der Waals surface area contributed by atoms with Crippen molar-refractivity contribution < 1.29 is 4.79 Å². The van der Waals surface area contributed by atoms with Crippen LogP contribution in [0.3, 0.4) is 0 Å². The van der Waals surface area contributed by atoms with Crippen molar-refractivity contribution in [1.82, 2.24) is 9.38 Å². The second-order valence-corrected chi connectivity index (χ2v) is 8.65. The van der Waals surface area contributed by atoms with Gasteiger partial charge in [0.05, 0.1) is 11.4 Å². The average molecular weight is 445 g/mol. The van der Waals surface area contributed by atoms with Crippen molar-refractivity contribution in [3.63, 3.8) is 0 Å². The number of nitrogens with one attached hydrogen (secondary N) is 2. The summed E-state index contributed by atoms with van der Waals surface area (Å²) in [5, 5.41) is 5.85. The molecule has 32 heavy (non-hydrogen) atoms. The van der Waals surface area contributed by atoms with Crippen LogP contribution in [-0.4, -0.2) is 15.4 Å². The molecule has 4 rings (SSSR count). The molecule has 0 unspecified atom stereocenters. The van der Waals surface area contributed by atoms with E-state index in [-0.39, 0.29) is 11.6 Å². The number of aromatic nitrogens is 2. The van der Waals surface area contributed by atoms with Gasteiger partial charge in [-0.25, -0.2) is 9.78 Å². The van der Waals surface area contributed by atoms with Crippen LogP contribution in [-0.2, 0) is 5.75 Å². The summed E-state index contributed by atoms with van der Waals surface area (Å²) in [5.41, 5.74) is 5.85. The molecule has 0 aliphatic rings. The van der Waals surface area contributed by atoms with Gasteiger partial charge in [-0.1, -0.05) is 30.3 Å². The van der Waals surface area contributed by atoms with Gasteiger partial charge in [0.25, 0.3) is 5.56 Å². The predicted octanol–water partition coefficient (Wildman–Crippen LogP) is 5.56. The minimum Gasteiger partial charge on any atom is -0.307 e. The van der Waals surface area contributed by atoms with E-state index >= 15 is 0 Å². The number of rotatable bonds is 5. The molecule has 0 atom stereocenters.